The Bertz CT molecular complexity index is 436. The monoisotopic (exact) mass is 260 g/mol. The van der Waals surface area contributed by atoms with Crippen molar-refractivity contribution < 1.29 is 4.79 Å². The van der Waals surface area contributed by atoms with Crippen LogP contribution in [0, 0.1) is 12.3 Å². The third-order valence-corrected chi connectivity index (χ3v) is 4.18. The van der Waals surface area contributed by atoms with E-state index in [2.05, 4.69) is 48.7 Å². The number of rotatable bonds is 5. The van der Waals surface area contributed by atoms with Crippen LogP contribution in [0.1, 0.15) is 30.9 Å². The molecule has 1 amide bonds. The molecule has 0 spiro atoms. The summed E-state index contributed by atoms with van der Waals surface area (Å²) < 4.78 is 0. The lowest BCUT2D eigenvalue weighted by Crippen LogP contribution is -2.42. The molecular weight excluding hydrogens is 236 g/mol. The molecule has 1 unspecified atom stereocenters. The van der Waals surface area contributed by atoms with Crippen LogP contribution in [0.25, 0.3) is 0 Å². The highest BCUT2D eigenvalue weighted by Gasteiger charge is 2.38. The third-order valence-electron chi connectivity index (χ3n) is 4.18. The number of hydrogen-bond acceptors (Lipinski definition) is 2. The predicted molar refractivity (Wildman–Crippen MR) is 78.1 cm³/mol. The second-order valence-electron chi connectivity index (χ2n) is 5.56. The van der Waals surface area contributed by atoms with Crippen LogP contribution in [0.3, 0.4) is 0 Å². The summed E-state index contributed by atoms with van der Waals surface area (Å²) in [6.45, 7) is 6.70. The van der Waals surface area contributed by atoms with Gasteiger partial charge >= 0.3 is 0 Å². The Labute approximate surface area is 115 Å². The van der Waals surface area contributed by atoms with Gasteiger partial charge in [-0.15, -0.1) is 0 Å². The molecule has 1 aromatic carbocycles. The molecule has 1 atom stereocenters. The van der Waals surface area contributed by atoms with Crippen molar-refractivity contribution >= 4 is 5.91 Å². The molecule has 0 saturated carbocycles. The first-order chi connectivity index (χ1) is 9.16. The molecule has 104 valence electrons. The first kappa shape index (κ1) is 14.1. The molecule has 1 aliphatic heterocycles. The van der Waals surface area contributed by atoms with E-state index in [9.17, 15) is 4.79 Å². The Morgan fingerprint density at radius 1 is 1.47 bits per heavy atom. The van der Waals surface area contributed by atoms with E-state index in [1.807, 2.05) is 0 Å². The maximum Gasteiger partial charge on any atom is 0.227 e. The van der Waals surface area contributed by atoms with Crippen LogP contribution < -0.4 is 10.6 Å². The summed E-state index contributed by atoms with van der Waals surface area (Å²) >= 11 is 0. The van der Waals surface area contributed by atoms with Crippen molar-refractivity contribution in [1.82, 2.24) is 10.6 Å². The molecule has 1 aromatic rings. The van der Waals surface area contributed by atoms with Crippen LogP contribution in [-0.2, 0) is 11.2 Å². The first-order valence-electron chi connectivity index (χ1n) is 7.21. The van der Waals surface area contributed by atoms with E-state index in [-0.39, 0.29) is 11.3 Å². The number of carbonyl (C=O) groups is 1. The Morgan fingerprint density at radius 3 is 2.95 bits per heavy atom. The highest BCUT2D eigenvalue weighted by Crippen LogP contribution is 2.29. The molecule has 3 nitrogen and oxygen atoms in total. The number of aryl methyl sites for hydroxylation is 1. The highest BCUT2D eigenvalue weighted by molar-refractivity contribution is 5.83. The van der Waals surface area contributed by atoms with E-state index in [1.165, 1.54) is 11.1 Å². The molecule has 2 N–H and O–H groups in total. The summed E-state index contributed by atoms with van der Waals surface area (Å²) in [5.74, 6) is 0.215. The molecule has 1 heterocycles. The van der Waals surface area contributed by atoms with Crippen molar-refractivity contribution in [2.75, 3.05) is 19.6 Å². The van der Waals surface area contributed by atoms with Crippen LogP contribution in [0.2, 0.25) is 0 Å². The summed E-state index contributed by atoms with van der Waals surface area (Å²) in [5, 5.41) is 6.41. The predicted octanol–water partition coefficient (Wildman–Crippen LogP) is 2.04. The van der Waals surface area contributed by atoms with Crippen molar-refractivity contribution in [3.8, 4) is 0 Å². The smallest absolute Gasteiger partial charge is 0.227 e. The number of hydrogen-bond donors (Lipinski definition) is 2. The van der Waals surface area contributed by atoms with E-state index < -0.39 is 0 Å². The van der Waals surface area contributed by atoms with Crippen molar-refractivity contribution in [2.24, 2.45) is 5.41 Å². The SMILES string of the molecule is CCC1(C(=O)NCCc2cccc(C)c2)CCNC1. The van der Waals surface area contributed by atoms with Gasteiger partial charge in [0.1, 0.15) is 0 Å². The fourth-order valence-electron chi connectivity index (χ4n) is 2.78. The topological polar surface area (TPSA) is 41.1 Å². The lowest BCUT2D eigenvalue weighted by atomic mass is 9.83. The quantitative estimate of drug-likeness (QED) is 0.850. The van der Waals surface area contributed by atoms with Gasteiger partial charge in [-0.2, -0.15) is 0 Å². The average Bonchev–Trinajstić information content (AvgIpc) is 2.89. The molecule has 1 aliphatic rings. The zero-order valence-electron chi connectivity index (χ0n) is 12.0. The van der Waals surface area contributed by atoms with Crippen molar-refractivity contribution in [3.05, 3.63) is 35.4 Å². The van der Waals surface area contributed by atoms with Crippen LogP contribution >= 0.6 is 0 Å². The normalized spacial score (nSPS) is 22.4. The summed E-state index contributed by atoms with van der Waals surface area (Å²) in [6.07, 6.45) is 2.77. The molecule has 2 rings (SSSR count). The van der Waals surface area contributed by atoms with Crippen molar-refractivity contribution in [1.29, 1.82) is 0 Å². The maximum atomic E-state index is 12.3. The maximum absolute atomic E-state index is 12.3. The van der Waals surface area contributed by atoms with Gasteiger partial charge in [-0.25, -0.2) is 0 Å². The van der Waals surface area contributed by atoms with Gasteiger partial charge in [0.2, 0.25) is 5.91 Å². The summed E-state index contributed by atoms with van der Waals surface area (Å²) in [6, 6.07) is 8.46. The number of benzene rings is 1. The zero-order valence-corrected chi connectivity index (χ0v) is 12.0. The summed E-state index contributed by atoms with van der Waals surface area (Å²) in [4.78, 5) is 12.3. The fraction of sp³-hybridized carbons (Fsp3) is 0.562. The largest absolute Gasteiger partial charge is 0.355 e. The molecule has 0 aromatic heterocycles. The molecule has 0 aliphatic carbocycles. The van der Waals surface area contributed by atoms with Crippen LogP contribution in [0.5, 0.6) is 0 Å². The average molecular weight is 260 g/mol. The van der Waals surface area contributed by atoms with Gasteiger partial charge < -0.3 is 10.6 Å². The molecule has 0 bridgehead atoms. The molecule has 0 radical (unpaired) electrons. The van der Waals surface area contributed by atoms with Crippen LogP contribution in [-0.4, -0.2) is 25.5 Å². The van der Waals surface area contributed by atoms with E-state index in [1.54, 1.807) is 0 Å². The Kier molecular flexibility index (Phi) is 4.59. The van der Waals surface area contributed by atoms with Gasteiger partial charge in [-0.3, -0.25) is 4.79 Å². The van der Waals surface area contributed by atoms with Crippen molar-refractivity contribution in [2.45, 2.75) is 33.1 Å². The van der Waals surface area contributed by atoms with Crippen LogP contribution in [0.15, 0.2) is 24.3 Å². The second kappa shape index (κ2) is 6.20. The van der Waals surface area contributed by atoms with Gasteiger partial charge in [0.25, 0.3) is 0 Å². The summed E-state index contributed by atoms with van der Waals surface area (Å²) in [7, 11) is 0. The molecule has 1 fully saturated rings. The van der Waals surface area contributed by atoms with Gasteiger partial charge in [0, 0.05) is 13.1 Å². The minimum Gasteiger partial charge on any atom is -0.355 e. The van der Waals surface area contributed by atoms with E-state index in [0.29, 0.717) is 0 Å². The van der Waals surface area contributed by atoms with Gasteiger partial charge in [0.05, 0.1) is 5.41 Å². The minimum absolute atomic E-state index is 0.174. The number of nitrogens with one attached hydrogen (secondary N) is 2. The van der Waals surface area contributed by atoms with Crippen LogP contribution in [0.4, 0.5) is 0 Å². The second-order valence-corrected chi connectivity index (χ2v) is 5.56. The van der Waals surface area contributed by atoms with Gasteiger partial charge in [-0.1, -0.05) is 36.8 Å². The molecule has 19 heavy (non-hydrogen) atoms. The first-order valence-corrected chi connectivity index (χ1v) is 7.21. The van der Waals surface area contributed by atoms with Gasteiger partial charge in [-0.05, 0) is 38.3 Å². The highest BCUT2D eigenvalue weighted by atomic mass is 16.2. The molecule has 3 heteroatoms. The Hall–Kier alpha value is -1.35. The third kappa shape index (κ3) is 3.35. The number of carbonyl (C=O) groups excluding carboxylic acids is 1. The van der Waals surface area contributed by atoms with E-state index >= 15 is 0 Å². The van der Waals surface area contributed by atoms with E-state index in [4.69, 9.17) is 0 Å². The Balaban J connectivity index is 1.84. The lowest BCUT2D eigenvalue weighted by Gasteiger charge is -2.25. The molecule has 1 saturated heterocycles. The van der Waals surface area contributed by atoms with Crippen molar-refractivity contribution in [3.63, 3.8) is 0 Å². The minimum atomic E-state index is -0.174. The van der Waals surface area contributed by atoms with Gasteiger partial charge in [0.15, 0.2) is 0 Å². The zero-order chi connectivity index (χ0) is 13.7. The fourth-order valence-corrected chi connectivity index (χ4v) is 2.78. The standard InChI is InChI=1S/C16H24N2O/c1-3-16(8-10-17-12-16)15(19)18-9-7-14-6-4-5-13(2)11-14/h4-6,11,17H,3,7-10,12H2,1-2H3,(H,18,19). The Morgan fingerprint density at radius 2 is 2.32 bits per heavy atom. The number of amides is 1. The summed E-state index contributed by atoms with van der Waals surface area (Å²) in [5.41, 5.74) is 2.39. The molecular formula is C16H24N2O. The van der Waals surface area contributed by atoms with E-state index in [0.717, 1.165) is 38.9 Å². The lowest BCUT2D eigenvalue weighted by molar-refractivity contribution is -0.130.